The van der Waals surface area contributed by atoms with Crippen molar-refractivity contribution in [1.29, 1.82) is 0 Å². The molecule has 2 rings (SSSR count). The lowest BCUT2D eigenvalue weighted by Crippen LogP contribution is -1.99. The number of nitro benzene ring substituents is 1. The molecule has 1 N–H and O–H groups in total. The van der Waals surface area contributed by atoms with Crippen LogP contribution < -0.4 is 10.1 Å². The van der Waals surface area contributed by atoms with Gasteiger partial charge in [-0.25, -0.2) is 0 Å². The predicted molar refractivity (Wildman–Crippen MR) is 74.2 cm³/mol. The highest BCUT2D eigenvalue weighted by Gasteiger charge is 2.20. The van der Waals surface area contributed by atoms with Gasteiger partial charge in [0.1, 0.15) is 11.4 Å². The second kappa shape index (κ2) is 5.58. The third-order valence-corrected chi connectivity index (χ3v) is 2.71. The summed E-state index contributed by atoms with van der Waals surface area (Å²) >= 11 is 5.85. The van der Waals surface area contributed by atoms with Gasteiger partial charge in [0.2, 0.25) is 5.75 Å². The molecule has 0 aliphatic carbocycles. The lowest BCUT2D eigenvalue weighted by atomic mass is 10.2. The molecular formula is C13H11ClN2O3. The van der Waals surface area contributed by atoms with Crippen molar-refractivity contribution in [3.8, 4) is 11.5 Å². The number of benzene rings is 2. The first kappa shape index (κ1) is 13.2. The molecule has 0 aliphatic heterocycles. The van der Waals surface area contributed by atoms with Crippen molar-refractivity contribution in [1.82, 2.24) is 0 Å². The highest BCUT2D eigenvalue weighted by Crippen LogP contribution is 2.37. The van der Waals surface area contributed by atoms with Crippen LogP contribution in [0.15, 0.2) is 42.5 Å². The van der Waals surface area contributed by atoms with Crippen molar-refractivity contribution in [2.45, 2.75) is 0 Å². The summed E-state index contributed by atoms with van der Waals surface area (Å²) in [5.41, 5.74) is 0.287. The smallest absolute Gasteiger partial charge is 0.334 e. The minimum absolute atomic E-state index is 0.107. The molecule has 0 aromatic heterocycles. The molecule has 98 valence electrons. The molecule has 19 heavy (non-hydrogen) atoms. The van der Waals surface area contributed by atoms with E-state index in [2.05, 4.69) is 5.32 Å². The maximum atomic E-state index is 11.1. The molecule has 0 spiro atoms. The van der Waals surface area contributed by atoms with E-state index < -0.39 is 4.92 Å². The van der Waals surface area contributed by atoms with Gasteiger partial charge in [0, 0.05) is 12.1 Å². The third-order valence-electron chi connectivity index (χ3n) is 2.47. The lowest BCUT2D eigenvalue weighted by molar-refractivity contribution is -0.384. The monoisotopic (exact) mass is 278 g/mol. The number of hydrogen-bond donors (Lipinski definition) is 1. The van der Waals surface area contributed by atoms with Crippen LogP contribution in [0.2, 0.25) is 5.02 Å². The second-order valence-electron chi connectivity index (χ2n) is 3.72. The summed E-state index contributed by atoms with van der Waals surface area (Å²) in [4.78, 5) is 10.6. The summed E-state index contributed by atoms with van der Waals surface area (Å²) in [5, 5.41) is 14.4. The highest BCUT2D eigenvalue weighted by molar-refractivity contribution is 6.30. The molecule has 0 amide bonds. The van der Waals surface area contributed by atoms with E-state index in [0.29, 0.717) is 16.5 Å². The number of nitrogens with one attached hydrogen (secondary N) is 1. The fraction of sp³-hybridized carbons (Fsp3) is 0.0769. The van der Waals surface area contributed by atoms with Gasteiger partial charge >= 0.3 is 5.69 Å². The number of anilines is 1. The zero-order valence-electron chi connectivity index (χ0n) is 10.1. The predicted octanol–water partition coefficient (Wildman–Crippen LogP) is 4.08. The van der Waals surface area contributed by atoms with Crippen LogP contribution in [0.4, 0.5) is 11.4 Å². The fourth-order valence-corrected chi connectivity index (χ4v) is 1.83. The van der Waals surface area contributed by atoms with Crippen LogP contribution in [0, 0.1) is 10.1 Å². The maximum absolute atomic E-state index is 11.1. The number of ether oxygens (including phenoxy) is 1. The summed E-state index contributed by atoms with van der Waals surface area (Å²) in [6.07, 6.45) is 0. The van der Waals surface area contributed by atoms with E-state index >= 15 is 0 Å². The normalized spacial score (nSPS) is 10.0. The SMILES string of the molecule is CNc1cccc(Oc2cccc(Cl)c2)c1[N+](=O)[O-]. The Morgan fingerprint density at radius 2 is 2.00 bits per heavy atom. The first-order chi connectivity index (χ1) is 9.11. The van der Waals surface area contributed by atoms with Crippen LogP contribution in [-0.2, 0) is 0 Å². The van der Waals surface area contributed by atoms with Crippen LogP contribution in [0.25, 0.3) is 0 Å². The topological polar surface area (TPSA) is 64.4 Å². The van der Waals surface area contributed by atoms with Gasteiger partial charge in [-0.3, -0.25) is 10.1 Å². The van der Waals surface area contributed by atoms with Crippen molar-refractivity contribution >= 4 is 23.0 Å². The zero-order valence-corrected chi connectivity index (χ0v) is 10.8. The van der Waals surface area contributed by atoms with Crippen molar-refractivity contribution in [3.05, 3.63) is 57.6 Å². The molecular weight excluding hydrogens is 268 g/mol. The van der Waals surface area contributed by atoms with Gasteiger partial charge in [-0.05, 0) is 30.3 Å². The molecule has 0 atom stereocenters. The first-order valence-electron chi connectivity index (χ1n) is 5.50. The van der Waals surface area contributed by atoms with E-state index in [0.717, 1.165) is 0 Å². The van der Waals surface area contributed by atoms with E-state index in [-0.39, 0.29) is 11.4 Å². The Labute approximate surface area is 114 Å². The van der Waals surface area contributed by atoms with E-state index in [1.807, 2.05) is 0 Å². The minimum atomic E-state index is -0.480. The van der Waals surface area contributed by atoms with Crippen molar-refractivity contribution in [3.63, 3.8) is 0 Å². The molecule has 0 unspecified atom stereocenters. The van der Waals surface area contributed by atoms with Gasteiger partial charge in [-0.15, -0.1) is 0 Å². The van der Waals surface area contributed by atoms with E-state index in [1.165, 1.54) is 0 Å². The average Bonchev–Trinajstić information content (AvgIpc) is 2.38. The number of para-hydroxylation sites is 1. The van der Waals surface area contributed by atoms with Gasteiger partial charge in [-0.1, -0.05) is 23.7 Å². The summed E-state index contributed by atoms with van der Waals surface area (Å²) in [6, 6.07) is 11.5. The molecule has 0 saturated carbocycles. The Morgan fingerprint density at radius 1 is 1.26 bits per heavy atom. The van der Waals surface area contributed by atoms with Gasteiger partial charge in [0.25, 0.3) is 0 Å². The summed E-state index contributed by atoms with van der Waals surface area (Å²) in [5.74, 6) is 0.614. The first-order valence-corrected chi connectivity index (χ1v) is 5.88. The van der Waals surface area contributed by atoms with Crippen molar-refractivity contribution < 1.29 is 9.66 Å². The number of nitrogens with zero attached hydrogens (tertiary/aromatic N) is 1. The second-order valence-corrected chi connectivity index (χ2v) is 4.16. The fourth-order valence-electron chi connectivity index (χ4n) is 1.65. The molecule has 2 aromatic rings. The zero-order chi connectivity index (χ0) is 13.8. The number of hydrogen-bond acceptors (Lipinski definition) is 4. The molecule has 0 radical (unpaired) electrons. The van der Waals surface area contributed by atoms with Crippen LogP contribution in [0.5, 0.6) is 11.5 Å². The standard InChI is InChI=1S/C13H11ClN2O3/c1-15-11-6-3-7-12(13(11)16(17)18)19-10-5-2-4-9(14)8-10/h2-8,15H,1H3. The molecule has 0 bridgehead atoms. The molecule has 5 nitrogen and oxygen atoms in total. The van der Waals surface area contributed by atoms with Crippen molar-refractivity contribution in [2.24, 2.45) is 0 Å². The number of nitro groups is 1. The lowest BCUT2D eigenvalue weighted by Gasteiger charge is -2.09. The Hall–Kier alpha value is -2.27. The van der Waals surface area contributed by atoms with E-state index in [1.54, 1.807) is 49.5 Å². The molecule has 0 heterocycles. The van der Waals surface area contributed by atoms with Crippen LogP contribution in [0.3, 0.4) is 0 Å². The van der Waals surface area contributed by atoms with Gasteiger partial charge < -0.3 is 10.1 Å². The van der Waals surface area contributed by atoms with Crippen LogP contribution >= 0.6 is 11.6 Å². The molecule has 6 heteroatoms. The van der Waals surface area contributed by atoms with Gasteiger partial charge in [0.05, 0.1) is 4.92 Å². The van der Waals surface area contributed by atoms with Crippen LogP contribution in [-0.4, -0.2) is 12.0 Å². The molecule has 0 saturated heterocycles. The Morgan fingerprint density at radius 3 is 2.63 bits per heavy atom. The summed E-state index contributed by atoms with van der Waals surface area (Å²) in [6.45, 7) is 0. The summed E-state index contributed by atoms with van der Waals surface area (Å²) in [7, 11) is 1.62. The molecule has 2 aromatic carbocycles. The Kier molecular flexibility index (Phi) is 3.87. The largest absolute Gasteiger partial charge is 0.450 e. The quantitative estimate of drug-likeness (QED) is 0.676. The Balaban J connectivity index is 2.42. The number of rotatable bonds is 4. The molecule has 0 aliphatic rings. The highest BCUT2D eigenvalue weighted by atomic mass is 35.5. The summed E-state index contributed by atoms with van der Waals surface area (Å²) < 4.78 is 5.53. The van der Waals surface area contributed by atoms with Gasteiger partial charge in [-0.2, -0.15) is 0 Å². The van der Waals surface area contributed by atoms with Gasteiger partial charge in [0.15, 0.2) is 0 Å². The minimum Gasteiger partial charge on any atom is -0.450 e. The Bertz CT molecular complexity index is 617. The third kappa shape index (κ3) is 2.95. The maximum Gasteiger partial charge on any atom is 0.334 e. The van der Waals surface area contributed by atoms with Crippen molar-refractivity contribution in [2.75, 3.05) is 12.4 Å². The van der Waals surface area contributed by atoms with Crippen LogP contribution in [0.1, 0.15) is 0 Å². The molecule has 0 fully saturated rings. The van der Waals surface area contributed by atoms with E-state index in [9.17, 15) is 10.1 Å². The number of halogens is 1. The average molecular weight is 279 g/mol. The van der Waals surface area contributed by atoms with E-state index in [4.69, 9.17) is 16.3 Å².